The molecule has 1 aliphatic rings. The Morgan fingerprint density at radius 2 is 2.14 bits per heavy atom. The zero-order valence-electron chi connectivity index (χ0n) is 16.3. The van der Waals surface area contributed by atoms with Gasteiger partial charge in [0.15, 0.2) is 5.65 Å². The Hall–Kier alpha value is -2.96. The van der Waals surface area contributed by atoms with Crippen molar-refractivity contribution in [2.75, 3.05) is 5.32 Å². The molecule has 4 rings (SSSR count). The monoisotopic (exact) mass is 378 g/mol. The molecule has 7 heteroatoms. The number of carbonyl (C=O) groups is 1. The van der Waals surface area contributed by atoms with Crippen LogP contribution in [0.2, 0.25) is 0 Å². The summed E-state index contributed by atoms with van der Waals surface area (Å²) in [7, 11) is 0. The van der Waals surface area contributed by atoms with Crippen molar-refractivity contribution < 1.29 is 4.79 Å². The smallest absolute Gasteiger partial charge is 0.256 e. The topological polar surface area (TPSA) is 84.2 Å². The summed E-state index contributed by atoms with van der Waals surface area (Å²) in [4.78, 5) is 21.6. The minimum absolute atomic E-state index is 0.0992. The molecule has 3 heterocycles. The highest BCUT2D eigenvalue weighted by Crippen LogP contribution is 2.29. The molecule has 0 spiro atoms. The van der Waals surface area contributed by atoms with E-state index < -0.39 is 0 Å². The van der Waals surface area contributed by atoms with Gasteiger partial charge in [0, 0.05) is 31.2 Å². The molecule has 3 unspecified atom stereocenters. The standard InChI is InChI=1S/C21H26N6O/c1-14-5-3-7-18(15(14)2)25-21(28)17-13-24-27-10-8-19(26-20(17)27)23-12-16-6-4-9-22-11-16/h4,6,8-11,13-15,18H,3,5,7,12H2,1-2H3,(H,23,26)(H,25,28). The van der Waals surface area contributed by atoms with Crippen molar-refractivity contribution in [3.63, 3.8) is 0 Å². The molecule has 0 radical (unpaired) electrons. The minimum atomic E-state index is -0.0992. The van der Waals surface area contributed by atoms with Crippen molar-refractivity contribution >= 4 is 17.4 Å². The Morgan fingerprint density at radius 3 is 2.96 bits per heavy atom. The van der Waals surface area contributed by atoms with Gasteiger partial charge in [0.2, 0.25) is 0 Å². The van der Waals surface area contributed by atoms with Crippen LogP contribution in [0.4, 0.5) is 5.82 Å². The van der Waals surface area contributed by atoms with Gasteiger partial charge in [-0.25, -0.2) is 9.50 Å². The molecular weight excluding hydrogens is 352 g/mol. The van der Waals surface area contributed by atoms with Crippen molar-refractivity contribution in [2.45, 2.75) is 45.7 Å². The number of anilines is 1. The summed E-state index contributed by atoms with van der Waals surface area (Å²) in [6, 6.07) is 5.96. The summed E-state index contributed by atoms with van der Waals surface area (Å²) in [5, 5.41) is 10.8. The molecular formula is C21H26N6O. The second kappa shape index (κ2) is 7.96. The predicted octanol–water partition coefficient (Wildman–Crippen LogP) is 3.29. The molecule has 0 aromatic carbocycles. The number of rotatable bonds is 5. The molecule has 0 saturated heterocycles. The second-order valence-corrected chi connectivity index (χ2v) is 7.70. The third-order valence-corrected chi connectivity index (χ3v) is 5.83. The molecule has 1 saturated carbocycles. The quantitative estimate of drug-likeness (QED) is 0.712. The number of nitrogens with zero attached hydrogens (tertiary/aromatic N) is 4. The van der Waals surface area contributed by atoms with Crippen molar-refractivity contribution in [3.8, 4) is 0 Å². The van der Waals surface area contributed by atoms with Crippen LogP contribution in [0.25, 0.3) is 5.65 Å². The van der Waals surface area contributed by atoms with Crippen LogP contribution in [-0.2, 0) is 6.54 Å². The summed E-state index contributed by atoms with van der Waals surface area (Å²) in [6.45, 7) is 5.10. The number of nitrogens with one attached hydrogen (secondary N) is 2. The molecule has 1 fully saturated rings. The number of fused-ring (bicyclic) bond motifs is 1. The maximum atomic E-state index is 12.9. The van der Waals surface area contributed by atoms with E-state index in [2.05, 4.69) is 39.5 Å². The van der Waals surface area contributed by atoms with E-state index in [1.165, 1.54) is 6.42 Å². The molecule has 1 amide bonds. The first kappa shape index (κ1) is 18.4. The van der Waals surface area contributed by atoms with Gasteiger partial charge in [-0.05, 0) is 36.0 Å². The van der Waals surface area contributed by atoms with Crippen LogP contribution in [0.5, 0.6) is 0 Å². The number of hydrogen-bond acceptors (Lipinski definition) is 5. The van der Waals surface area contributed by atoms with Crippen LogP contribution >= 0.6 is 0 Å². The van der Waals surface area contributed by atoms with E-state index >= 15 is 0 Å². The van der Waals surface area contributed by atoms with E-state index in [9.17, 15) is 4.79 Å². The number of pyridine rings is 1. The molecule has 3 atom stereocenters. The van der Waals surface area contributed by atoms with Gasteiger partial charge in [-0.1, -0.05) is 32.8 Å². The molecule has 1 aliphatic carbocycles. The van der Waals surface area contributed by atoms with Gasteiger partial charge in [-0.15, -0.1) is 0 Å². The fraction of sp³-hybridized carbons (Fsp3) is 0.429. The Bertz CT molecular complexity index is 954. The Balaban J connectivity index is 1.50. The Morgan fingerprint density at radius 1 is 1.25 bits per heavy atom. The largest absolute Gasteiger partial charge is 0.366 e. The summed E-state index contributed by atoms with van der Waals surface area (Å²) in [6.07, 6.45) is 10.4. The third kappa shape index (κ3) is 3.83. The highest BCUT2D eigenvalue weighted by Gasteiger charge is 2.29. The zero-order valence-corrected chi connectivity index (χ0v) is 16.3. The van der Waals surface area contributed by atoms with E-state index in [0.29, 0.717) is 35.4 Å². The first-order chi connectivity index (χ1) is 13.6. The maximum absolute atomic E-state index is 12.9. The fourth-order valence-corrected chi connectivity index (χ4v) is 3.85. The Labute approximate surface area is 164 Å². The lowest BCUT2D eigenvalue weighted by Crippen LogP contribution is -2.43. The van der Waals surface area contributed by atoms with Crippen LogP contribution in [0.15, 0.2) is 43.0 Å². The van der Waals surface area contributed by atoms with Gasteiger partial charge in [0.05, 0.1) is 6.20 Å². The normalized spacial score (nSPS) is 22.1. The number of aromatic nitrogens is 4. The molecule has 0 bridgehead atoms. The second-order valence-electron chi connectivity index (χ2n) is 7.70. The van der Waals surface area contributed by atoms with Gasteiger partial charge in [-0.3, -0.25) is 9.78 Å². The van der Waals surface area contributed by atoms with Crippen molar-refractivity contribution in [1.82, 2.24) is 24.9 Å². The van der Waals surface area contributed by atoms with Gasteiger partial charge in [0.25, 0.3) is 5.91 Å². The molecule has 0 aliphatic heterocycles. The maximum Gasteiger partial charge on any atom is 0.256 e. The SMILES string of the molecule is CC1CCCC(NC(=O)c2cnn3ccc(NCc4cccnc4)nc23)C1C. The number of amides is 1. The van der Waals surface area contributed by atoms with Crippen molar-refractivity contribution in [3.05, 3.63) is 54.1 Å². The van der Waals surface area contributed by atoms with E-state index in [1.807, 2.05) is 30.6 Å². The zero-order chi connectivity index (χ0) is 19.5. The molecule has 2 N–H and O–H groups in total. The molecule has 3 aromatic rings. The van der Waals surface area contributed by atoms with E-state index in [4.69, 9.17) is 0 Å². The van der Waals surface area contributed by atoms with Crippen molar-refractivity contribution in [2.24, 2.45) is 11.8 Å². The van der Waals surface area contributed by atoms with E-state index in [0.717, 1.165) is 18.4 Å². The summed E-state index contributed by atoms with van der Waals surface area (Å²) >= 11 is 0. The lowest BCUT2D eigenvalue weighted by molar-refractivity contribution is 0.0892. The lowest BCUT2D eigenvalue weighted by Gasteiger charge is -2.34. The molecule has 7 nitrogen and oxygen atoms in total. The molecule has 28 heavy (non-hydrogen) atoms. The number of carbonyl (C=O) groups excluding carboxylic acids is 1. The predicted molar refractivity (Wildman–Crippen MR) is 108 cm³/mol. The Kier molecular flexibility index (Phi) is 5.23. The average molecular weight is 378 g/mol. The van der Waals surface area contributed by atoms with Gasteiger partial charge in [-0.2, -0.15) is 5.10 Å². The van der Waals surface area contributed by atoms with Crippen LogP contribution < -0.4 is 10.6 Å². The van der Waals surface area contributed by atoms with E-state index in [-0.39, 0.29) is 11.9 Å². The third-order valence-electron chi connectivity index (χ3n) is 5.83. The summed E-state index contributed by atoms with van der Waals surface area (Å²) < 4.78 is 1.64. The van der Waals surface area contributed by atoms with Gasteiger partial charge >= 0.3 is 0 Å². The lowest BCUT2D eigenvalue weighted by atomic mass is 9.78. The molecule has 146 valence electrons. The van der Waals surface area contributed by atoms with Gasteiger partial charge in [0.1, 0.15) is 11.4 Å². The van der Waals surface area contributed by atoms with Crippen LogP contribution in [-0.4, -0.2) is 31.5 Å². The van der Waals surface area contributed by atoms with Crippen molar-refractivity contribution in [1.29, 1.82) is 0 Å². The van der Waals surface area contributed by atoms with Crippen LogP contribution in [0.3, 0.4) is 0 Å². The molecule has 3 aromatic heterocycles. The van der Waals surface area contributed by atoms with Gasteiger partial charge < -0.3 is 10.6 Å². The first-order valence-corrected chi connectivity index (χ1v) is 9.90. The summed E-state index contributed by atoms with van der Waals surface area (Å²) in [5.41, 5.74) is 2.14. The minimum Gasteiger partial charge on any atom is -0.366 e. The average Bonchev–Trinajstić information content (AvgIpc) is 3.14. The van der Waals surface area contributed by atoms with E-state index in [1.54, 1.807) is 16.9 Å². The van der Waals surface area contributed by atoms with Crippen LogP contribution in [0, 0.1) is 11.8 Å². The highest BCUT2D eigenvalue weighted by molar-refractivity contribution is 5.99. The number of hydrogen-bond donors (Lipinski definition) is 2. The highest BCUT2D eigenvalue weighted by atomic mass is 16.1. The summed E-state index contributed by atoms with van der Waals surface area (Å²) in [5.74, 6) is 1.71. The fourth-order valence-electron chi connectivity index (χ4n) is 3.85. The first-order valence-electron chi connectivity index (χ1n) is 9.90. The van der Waals surface area contributed by atoms with Crippen LogP contribution in [0.1, 0.15) is 49.0 Å².